The highest BCUT2D eigenvalue weighted by atomic mass is 16.4. The van der Waals surface area contributed by atoms with Gasteiger partial charge >= 0.3 is 0 Å². The lowest BCUT2D eigenvalue weighted by molar-refractivity contribution is -0.316. The highest BCUT2D eigenvalue weighted by Crippen LogP contribution is 1.81. The normalized spacial score (nSPS) is 10.6. The number of hydrogen-bond donors (Lipinski definition) is 1. The van der Waals surface area contributed by atoms with E-state index in [1.165, 1.54) is 0 Å². The maximum Gasteiger partial charge on any atom is 0.0586 e. The van der Waals surface area contributed by atoms with Gasteiger partial charge in [-0.2, -0.15) is 0 Å². The summed E-state index contributed by atoms with van der Waals surface area (Å²) in [6, 6.07) is -1.46. The van der Waals surface area contributed by atoms with Crippen LogP contribution in [0, 0.1) is 0 Å². The van der Waals surface area contributed by atoms with Crippen LogP contribution in [0.25, 0.3) is 0 Å². The second-order valence-electron chi connectivity index (χ2n) is 1.50. The summed E-state index contributed by atoms with van der Waals surface area (Å²) in [5.41, 5.74) is 4.73. The Labute approximate surface area is 64.1 Å². The van der Waals surface area contributed by atoms with E-state index in [2.05, 4.69) is 13.2 Å². The molecule has 0 aliphatic carbocycles. The van der Waals surface area contributed by atoms with Crippen LogP contribution in [-0.2, 0) is 9.59 Å². The van der Waals surface area contributed by atoms with Crippen LogP contribution in [0.4, 0.5) is 0 Å². The minimum Gasteiger partial charge on any atom is -0.550 e. The van der Waals surface area contributed by atoms with E-state index in [4.69, 9.17) is 5.73 Å². The molecule has 0 saturated heterocycles. The van der Waals surface area contributed by atoms with Crippen LogP contribution in [0.3, 0.4) is 0 Å². The second kappa shape index (κ2) is 6.76. The number of carboxylic acid groups (broad SMARTS) is 2. The van der Waals surface area contributed by atoms with Crippen LogP contribution >= 0.6 is 0 Å². The molecule has 0 aliphatic heterocycles. The van der Waals surface area contributed by atoms with Gasteiger partial charge in [0.2, 0.25) is 0 Å². The third kappa shape index (κ3) is 8.64. The highest BCUT2D eigenvalue weighted by Gasteiger charge is 2.01. The molecule has 0 rings (SSSR count). The SMILES string of the molecule is C=C.NC(CC(=O)[O-])C(=O)[O-]. The van der Waals surface area contributed by atoms with Gasteiger partial charge in [-0.3, -0.25) is 0 Å². The summed E-state index contributed by atoms with van der Waals surface area (Å²) in [5, 5.41) is 19.3. The van der Waals surface area contributed by atoms with Gasteiger partial charge in [0.15, 0.2) is 0 Å². The van der Waals surface area contributed by atoms with Crippen molar-refractivity contribution in [2.75, 3.05) is 0 Å². The van der Waals surface area contributed by atoms with Crippen molar-refractivity contribution < 1.29 is 19.8 Å². The highest BCUT2D eigenvalue weighted by molar-refractivity contribution is 5.77. The zero-order valence-electron chi connectivity index (χ0n) is 5.91. The number of rotatable bonds is 3. The summed E-state index contributed by atoms with van der Waals surface area (Å²) < 4.78 is 0. The van der Waals surface area contributed by atoms with Crippen LogP contribution in [0.2, 0.25) is 0 Å². The Morgan fingerprint density at radius 2 is 1.73 bits per heavy atom. The molecule has 0 heterocycles. The average molecular weight is 159 g/mol. The van der Waals surface area contributed by atoms with Crippen molar-refractivity contribution in [2.45, 2.75) is 12.5 Å². The van der Waals surface area contributed by atoms with Gasteiger partial charge in [-0.15, -0.1) is 13.2 Å². The van der Waals surface area contributed by atoms with Crippen LogP contribution in [-0.4, -0.2) is 18.0 Å². The first-order chi connectivity index (χ1) is 5.04. The fraction of sp³-hybridized carbons (Fsp3) is 0.333. The molecule has 0 amide bonds. The molecule has 0 aromatic rings. The quantitative estimate of drug-likeness (QED) is 0.442. The standard InChI is InChI=1S/C4H7NO4.C2H4/c5-2(4(8)9)1-3(6)7;1-2/h2H,1,5H2,(H,6,7)(H,8,9);1-2H2/p-2. The molecule has 0 aromatic carbocycles. The fourth-order valence-corrected chi connectivity index (χ4v) is 0.263. The molecule has 0 fully saturated rings. The zero-order chi connectivity index (χ0) is 9.44. The molecule has 0 bridgehead atoms. The first-order valence-corrected chi connectivity index (χ1v) is 2.70. The largest absolute Gasteiger partial charge is 0.550 e. The van der Waals surface area contributed by atoms with E-state index in [0.29, 0.717) is 0 Å². The Hall–Kier alpha value is -1.36. The molecular weight excluding hydrogens is 150 g/mol. The van der Waals surface area contributed by atoms with E-state index in [9.17, 15) is 19.8 Å². The Bertz CT molecular complexity index is 146. The van der Waals surface area contributed by atoms with Gasteiger partial charge in [0.1, 0.15) is 0 Å². The van der Waals surface area contributed by atoms with Crippen molar-refractivity contribution in [3.8, 4) is 0 Å². The number of nitrogens with two attached hydrogens (primary N) is 1. The molecule has 0 aliphatic rings. The number of carboxylic acids is 2. The Morgan fingerprint density at radius 1 is 1.36 bits per heavy atom. The Balaban J connectivity index is 0. The summed E-state index contributed by atoms with van der Waals surface area (Å²) in [5.74, 6) is -3.08. The summed E-state index contributed by atoms with van der Waals surface area (Å²) >= 11 is 0. The molecule has 64 valence electrons. The number of carbonyl (C=O) groups is 2. The van der Waals surface area contributed by atoms with Crippen molar-refractivity contribution in [3.63, 3.8) is 0 Å². The molecule has 5 nitrogen and oxygen atoms in total. The zero-order valence-corrected chi connectivity index (χ0v) is 5.91. The monoisotopic (exact) mass is 159 g/mol. The Morgan fingerprint density at radius 3 is 1.82 bits per heavy atom. The van der Waals surface area contributed by atoms with Crippen molar-refractivity contribution in [1.29, 1.82) is 0 Å². The van der Waals surface area contributed by atoms with Crippen LogP contribution in [0.5, 0.6) is 0 Å². The smallest absolute Gasteiger partial charge is 0.0586 e. The van der Waals surface area contributed by atoms with Gasteiger partial charge in [0.05, 0.1) is 5.97 Å². The third-order valence-electron chi connectivity index (χ3n) is 0.689. The van der Waals surface area contributed by atoms with Gasteiger partial charge < -0.3 is 25.5 Å². The van der Waals surface area contributed by atoms with Crippen LogP contribution in [0.15, 0.2) is 13.2 Å². The molecule has 0 spiro atoms. The molecule has 1 atom stereocenters. The molecular formula is C6H9NO4-2. The van der Waals surface area contributed by atoms with Crippen LogP contribution in [0.1, 0.15) is 6.42 Å². The molecule has 1 unspecified atom stereocenters. The molecule has 0 radical (unpaired) electrons. The van der Waals surface area contributed by atoms with E-state index in [-0.39, 0.29) is 0 Å². The summed E-state index contributed by atoms with van der Waals surface area (Å²) in [6.07, 6.45) is -0.706. The van der Waals surface area contributed by atoms with E-state index in [0.717, 1.165) is 0 Å². The maximum atomic E-state index is 9.71. The molecule has 2 N–H and O–H groups in total. The third-order valence-corrected chi connectivity index (χ3v) is 0.689. The Kier molecular flexibility index (Phi) is 7.57. The van der Waals surface area contributed by atoms with E-state index in [1.54, 1.807) is 0 Å². The van der Waals surface area contributed by atoms with Crippen molar-refractivity contribution in [2.24, 2.45) is 5.73 Å². The lowest BCUT2D eigenvalue weighted by Gasteiger charge is -2.11. The minimum atomic E-state index is -1.58. The van der Waals surface area contributed by atoms with E-state index < -0.39 is 24.4 Å². The van der Waals surface area contributed by atoms with Gasteiger partial charge in [-0.1, -0.05) is 0 Å². The van der Waals surface area contributed by atoms with E-state index >= 15 is 0 Å². The minimum absolute atomic E-state index is 0.706. The average Bonchev–Trinajstić information content (AvgIpc) is 1.90. The maximum absolute atomic E-state index is 9.71. The molecule has 0 saturated carbocycles. The fourth-order valence-electron chi connectivity index (χ4n) is 0.263. The van der Waals surface area contributed by atoms with Gasteiger partial charge in [-0.25, -0.2) is 0 Å². The summed E-state index contributed by atoms with van der Waals surface area (Å²) in [6.45, 7) is 6.00. The number of carbonyl (C=O) groups excluding carboxylic acids is 2. The number of hydrogen-bond acceptors (Lipinski definition) is 5. The van der Waals surface area contributed by atoms with Crippen LogP contribution < -0.4 is 15.9 Å². The van der Waals surface area contributed by atoms with Crippen molar-refractivity contribution >= 4 is 11.9 Å². The van der Waals surface area contributed by atoms with Gasteiger partial charge in [-0.05, 0) is 0 Å². The second-order valence-corrected chi connectivity index (χ2v) is 1.50. The van der Waals surface area contributed by atoms with Crippen molar-refractivity contribution in [1.82, 2.24) is 0 Å². The topological polar surface area (TPSA) is 106 Å². The first kappa shape index (κ1) is 12.3. The summed E-state index contributed by atoms with van der Waals surface area (Å²) in [4.78, 5) is 19.3. The predicted molar refractivity (Wildman–Crippen MR) is 33.9 cm³/mol. The predicted octanol–water partition coefficient (Wildman–Crippen LogP) is -2.99. The van der Waals surface area contributed by atoms with E-state index in [1.807, 2.05) is 0 Å². The molecule has 5 heteroatoms. The van der Waals surface area contributed by atoms with Gasteiger partial charge in [0, 0.05) is 18.4 Å². The van der Waals surface area contributed by atoms with Gasteiger partial charge in [0.25, 0.3) is 0 Å². The van der Waals surface area contributed by atoms with Crippen molar-refractivity contribution in [3.05, 3.63) is 13.2 Å². The first-order valence-electron chi connectivity index (χ1n) is 2.70. The summed E-state index contributed by atoms with van der Waals surface area (Å²) in [7, 11) is 0. The molecule has 11 heavy (non-hydrogen) atoms. The lowest BCUT2D eigenvalue weighted by Crippen LogP contribution is -2.45. The number of aliphatic carboxylic acids is 2. The molecule has 0 aromatic heterocycles. The lowest BCUT2D eigenvalue weighted by atomic mass is 10.2.